The minimum absolute atomic E-state index is 0.00884. The minimum atomic E-state index is -0.600. The molecule has 3 heterocycles. The summed E-state index contributed by atoms with van der Waals surface area (Å²) in [5.74, 6) is -0.354. The second-order valence-corrected chi connectivity index (χ2v) is 7.01. The van der Waals surface area contributed by atoms with Crippen molar-refractivity contribution in [2.24, 2.45) is 0 Å². The van der Waals surface area contributed by atoms with Crippen LogP contribution in [0.2, 0.25) is 0 Å². The van der Waals surface area contributed by atoms with E-state index in [-0.39, 0.29) is 18.4 Å². The van der Waals surface area contributed by atoms with Crippen molar-refractivity contribution in [3.05, 3.63) is 54.3 Å². The van der Waals surface area contributed by atoms with Gasteiger partial charge in [-0.3, -0.25) is 9.59 Å². The highest BCUT2D eigenvalue weighted by atomic mass is 16.5. The number of aromatic nitrogens is 1. The molecule has 0 unspecified atom stereocenters. The number of ether oxygens (including phenoxy) is 1. The molecule has 0 radical (unpaired) electrons. The van der Waals surface area contributed by atoms with E-state index >= 15 is 0 Å². The van der Waals surface area contributed by atoms with Gasteiger partial charge >= 0.3 is 5.97 Å². The summed E-state index contributed by atoms with van der Waals surface area (Å²) in [5, 5.41) is 0.639. The van der Waals surface area contributed by atoms with E-state index in [0.717, 1.165) is 0 Å². The maximum atomic E-state index is 12.8. The lowest BCUT2D eigenvalue weighted by Crippen LogP contribution is -2.51. The van der Waals surface area contributed by atoms with Gasteiger partial charge in [0.15, 0.2) is 12.4 Å². The molecule has 1 aliphatic rings. The minimum Gasteiger partial charge on any atom is -0.463 e. The van der Waals surface area contributed by atoms with Crippen molar-refractivity contribution in [3.8, 4) is 11.5 Å². The van der Waals surface area contributed by atoms with Crippen molar-refractivity contribution in [2.45, 2.75) is 6.92 Å². The standard InChI is InChI=1S/C22H21N3O5/c1-15(26)24-8-10-25(11-9-24)21(27)14-30-22(28)17-13-19(20-7-4-12-29-20)23-18-6-3-2-5-16(17)18/h2-7,12-13H,8-11,14H2,1H3. The average Bonchev–Trinajstić information content (AvgIpc) is 3.31. The fourth-order valence-electron chi connectivity index (χ4n) is 3.46. The maximum Gasteiger partial charge on any atom is 0.339 e. The molecule has 0 spiro atoms. The molecular weight excluding hydrogens is 386 g/mol. The molecule has 3 aromatic rings. The number of hydrogen-bond acceptors (Lipinski definition) is 6. The Morgan fingerprint density at radius 2 is 1.77 bits per heavy atom. The van der Waals surface area contributed by atoms with Crippen molar-refractivity contribution in [1.82, 2.24) is 14.8 Å². The molecule has 0 bridgehead atoms. The van der Waals surface area contributed by atoms with Crippen LogP contribution in [0, 0.1) is 0 Å². The first-order chi connectivity index (χ1) is 14.5. The Morgan fingerprint density at radius 3 is 2.47 bits per heavy atom. The maximum absolute atomic E-state index is 12.8. The average molecular weight is 407 g/mol. The Morgan fingerprint density at radius 1 is 1.03 bits per heavy atom. The fourth-order valence-corrected chi connectivity index (χ4v) is 3.46. The van der Waals surface area contributed by atoms with E-state index in [1.54, 1.807) is 40.1 Å². The Kier molecular flexibility index (Phi) is 5.47. The topological polar surface area (TPSA) is 93.0 Å². The molecule has 0 aliphatic carbocycles. The Bertz CT molecular complexity index is 1090. The highest BCUT2D eigenvalue weighted by molar-refractivity contribution is 6.05. The van der Waals surface area contributed by atoms with Crippen LogP contribution >= 0.6 is 0 Å². The van der Waals surface area contributed by atoms with Gasteiger partial charge in [0, 0.05) is 38.5 Å². The zero-order valence-electron chi connectivity index (χ0n) is 16.5. The first kappa shape index (κ1) is 19.6. The largest absolute Gasteiger partial charge is 0.463 e. The van der Waals surface area contributed by atoms with Crippen molar-refractivity contribution in [3.63, 3.8) is 0 Å². The second kappa shape index (κ2) is 8.36. The van der Waals surface area contributed by atoms with Crippen LogP contribution in [-0.2, 0) is 14.3 Å². The molecule has 0 N–H and O–H groups in total. The number of piperazine rings is 1. The molecule has 1 aromatic carbocycles. The summed E-state index contributed by atoms with van der Waals surface area (Å²) in [6.07, 6.45) is 1.54. The van der Waals surface area contributed by atoms with Gasteiger partial charge in [0.05, 0.1) is 17.3 Å². The highest BCUT2D eigenvalue weighted by Crippen LogP contribution is 2.25. The predicted molar refractivity (Wildman–Crippen MR) is 109 cm³/mol. The van der Waals surface area contributed by atoms with Gasteiger partial charge in [-0.25, -0.2) is 9.78 Å². The van der Waals surface area contributed by atoms with Gasteiger partial charge in [0.1, 0.15) is 5.69 Å². The van der Waals surface area contributed by atoms with Crippen LogP contribution in [0.15, 0.2) is 53.1 Å². The van der Waals surface area contributed by atoms with Gasteiger partial charge in [-0.2, -0.15) is 0 Å². The molecule has 0 atom stereocenters. The van der Waals surface area contributed by atoms with E-state index in [2.05, 4.69) is 4.98 Å². The number of pyridine rings is 1. The summed E-state index contributed by atoms with van der Waals surface area (Å²) in [6, 6.07) is 12.4. The molecule has 154 valence electrons. The lowest BCUT2D eigenvalue weighted by molar-refractivity contribution is -0.140. The number of rotatable bonds is 4. The molecule has 2 aromatic heterocycles. The third-order valence-electron chi connectivity index (χ3n) is 5.11. The molecule has 2 amide bonds. The van der Waals surface area contributed by atoms with Crippen molar-refractivity contribution >= 4 is 28.7 Å². The molecule has 30 heavy (non-hydrogen) atoms. The quantitative estimate of drug-likeness (QED) is 0.617. The number of furan rings is 1. The van der Waals surface area contributed by atoms with Gasteiger partial charge in [0.25, 0.3) is 5.91 Å². The summed E-state index contributed by atoms with van der Waals surface area (Å²) in [5.41, 5.74) is 1.46. The first-order valence-electron chi connectivity index (χ1n) is 9.67. The smallest absolute Gasteiger partial charge is 0.339 e. The summed E-state index contributed by atoms with van der Waals surface area (Å²) >= 11 is 0. The van der Waals surface area contributed by atoms with Crippen molar-refractivity contribution in [1.29, 1.82) is 0 Å². The lowest BCUT2D eigenvalue weighted by atomic mass is 10.1. The summed E-state index contributed by atoms with van der Waals surface area (Å²) in [4.78, 5) is 44.5. The van der Waals surface area contributed by atoms with E-state index in [4.69, 9.17) is 9.15 Å². The molecular formula is C22H21N3O5. The number of para-hydroxylation sites is 1. The number of hydrogen-bond donors (Lipinski definition) is 0. The van der Waals surface area contributed by atoms with E-state index in [9.17, 15) is 14.4 Å². The molecule has 4 rings (SSSR count). The first-order valence-corrected chi connectivity index (χ1v) is 9.67. The van der Waals surface area contributed by atoms with E-state index in [1.165, 1.54) is 13.2 Å². The summed E-state index contributed by atoms with van der Waals surface area (Å²) < 4.78 is 10.7. The number of carbonyl (C=O) groups excluding carboxylic acids is 3. The number of amides is 2. The second-order valence-electron chi connectivity index (χ2n) is 7.01. The van der Waals surface area contributed by atoms with Gasteiger partial charge in [0.2, 0.25) is 5.91 Å². The van der Waals surface area contributed by atoms with E-state index in [0.29, 0.717) is 54.1 Å². The predicted octanol–water partition coefficient (Wildman–Crippen LogP) is 2.34. The SMILES string of the molecule is CC(=O)N1CCN(C(=O)COC(=O)c2cc(-c3ccco3)nc3ccccc23)CC1. The van der Waals surface area contributed by atoms with Crippen molar-refractivity contribution in [2.75, 3.05) is 32.8 Å². The van der Waals surface area contributed by atoms with Crippen LogP contribution in [-0.4, -0.2) is 65.4 Å². The van der Waals surface area contributed by atoms with Gasteiger partial charge in [-0.05, 0) is 24.3 Å². The van der Waals surface area contributed by atoms with Gasteiger partial charge in [-0.15, -0.1) is 0 Å². The van der Waals surface area contributed by atoms with Crippen LogP contribution < -0.4 is 0 Å². The third-order valence-corrected chi connectivity index (χ3v) is 5.11. The molecule has 1 aliphatic heterocycles. The van der Waals surface area contributed by atoms with Crippen LogP contribution in [0.25, 0.3) is 22.4 Å². The lowest BCUT2D eigenvalue weighted by Gasteiger charge is -2.34. The number of benzene rings is 1. The van der Waals surface area contributed by atoms with Gasteiger partial charge < -0.3 is 19.0 Å². The molecule has 8 heteroatoms. The van der Waals surface area contributed by atoms with Gasteiger partial charge in [-0.1, -0.05) is 18.2 Å². The Labute approximate surface area is 173 Å². The Hall–Kier alpha value is -3.68. The fraction of sp³-hybridized carbons (Fsp3) is 0.273. The number of esters is 1. The highest BCUT2D eigenvalue weighted by Gasteiger charge is 2.24. The van der Waals surface area contributed by atoms with Crippen LogP contribution in [0.1, 0.15) is 17.3 Å². The van der Waals surface area contributed by atoms with E-state index in [1.807, 2.05) is 12.1 Å². The van der Waals surface area contributed by atoms with Crippen molar-refractivity contribution < 1.29 is 23.5 Å². The van der Waals surface area contributed by atoms with Crippen LogP contribution in [0.3, 0.4) is 0 Å². The third kappa shape index (κ3) is 4.03. The number of nitrogens with zero attached hydrogens (tertiary/aromatic N) is 3. The van der Waals surface area contributed by atoms with E-state index < -0.39 is 5.97 Å². The molecule has 0 saturated carbocycles. The molecule has 1 fully saturated rings. The summed E-state index contributed by atoms with van der Waals surface area (Å²) in [7, 11) is 0. The normalized spacial score (nSPS) is 14.0. The summed E-state index contributed by atoms with van der Waals surface area (Å²) in [6.45, 7) is 2.97. The monoisotopic (exact) mass is 407 g/mol. The number of carbonyl (C=O) groups is 3. The molecule has 8 nitrogen and oxygen atoms in total. The zero-order valence-corrected chi connectivity index (χ0v) is 16.5. The molecule has 1 saturated heterocycles. The number of fused-ring (bicyclic) bond motifs is 1. The Balaban J connectivity index is 1.48. The van der Waals surface area contributed by atoms with Crippen LogP contribution in [0.4, 0.5) is 0 Å². The zero-order chi connectivity index (χ0) is 21.1. The van der Waals surface area contributed by atoms with Crippen LogP contribution in [0.5, 0.6) is 0 Å².